The van der Waals surface area contributed by atoms with Crippen LogP contribution in [0.4, 0.5) is 11.4 Å². The average molecular weight is 316 g/mol. The van der Waals surface area contributed by atoms with E-state index in [-0.39, 0.29) is 5.91 Å². The average Bonchev–Trinajstić information content (AvgIpc) is 3.03. The van der Waals surface area contributed by atoms with Gasteiger partial charge >= 0.3 is 0 Å². The van der Waals surface area contributed by atoms with Gasteiger partial charge in [0.1, 0.15) is 0 Å². The molecule has 1 aliphatic rings. The molecule has 2 heterocycles. The van der Waals surface area contributed by atoms with Crippen molar-refractivity contribution in [2.75, 3.05) is 36.5 Å². The SMILES string of the molecule is Cc1ccc(N2CCOCC2)cc1NC(=O)Cc1cccs1. The van der Waals surface area contributed by atoms with Crippen molar-refractivity contribution in [2.24, 2.45) is 0 Å². The van der Waals surface area contributed by atoms with E-state index in [1.165, 1.54) is 0 Å². The maximum atomic E-state index is 12.2. The van der Waals surface area contributed by atoms with Gasteiger partial charge in [-0.1, -0.05) is 12.1 Å². The quantitative estimate of drug-likeness (QED) is 0.942. The Morgan fingerprint density at radius 3 is 2.86 bits per heavy atom. The molecule has 0 aliphatic carbocycles. The number of aryl methyl sites for hydroxylation is 1. The lowest BCUT2D eigenvalue weighted by Gasteiger charge is -2.29. The molecule has 1 N–H and O–H groups in total. The fourth-order valence-corrected chi connectivity index (χ4v) is 3.23. The minimum atomic E-state index is 0.0321. The summed E-state index contributed by atoms with van der Waals surface area (Å²) >= 11 is 1.61. The van der Waals surface area contributed by atoms with E-state index in [9.17, 15) is 4.79 Å². The highest BCUT2D eigenvalue weighted by molar-refractivity contribution is 7.10. The summed E-state index contributed by atoms with van der Waals surface area (Å²) in [7, 11) is 0. The number of thiophene rings is 1. The zero-order valence-corrected chi connectivity index (χ0v) is 13.5. The van der Waals surface area contributed by atoms with Crippen LogP contribution in [-0.4, -0.2) is 32.2 Å². The first-order valence-electron chi connectivity index (χ1n) is 7.48. The Bertz CT molecular complexity index is 634. The summed E-state index contributed by atoms with van der Waals surface area (Å²) in [6.45, 7) is 5.32. The largest absolute Gasteiger partial charge is 0.378 e. The van der Waals surface area contributed by atoms with Gasteiger partial charge in [-0.3, -0.25) is 4.79 Å². The molecule has 5 heteroatoms. The minimum Gasteiger partial charge on any atom is -0.378 e. The highest BCUT2D eigenvalue weighted by Crippen LogP contribution is 2.24. The van der Waals surface area contributed by atoms with Crippen molar-refractivity contribution >= 4 is 28.6 Å². The zero-order valence-electron chi connectivity index (χ0n) is 12.7. The van der Waals surface area contributed by atoms with E-state index in [1.54, 1.807) is 11.3 Å². The lowest BCUT2D eigenvalue weighted by atomic mass is 10.1. The fourth-order valence-electron chi connectivity index (χ4n) is 2.53. The van der Waals surface area contributed by atoms with Crippen molar-refractivity contribution in [3.63, 3.8) is 0 Å². The maximum Gasteiger partial charge on any atom is 0.229 e. The van der Waals surface area contributed by atoms with Crippen molar-refractivity contribution in [3.8, 4) is 0 Å². The Kier molecular flexibility index (Phi) is 4.75. The summed E-state index contributed by atoms with van der Waals surface area (Å²) in [6, 6.07) is 10.2. The van der Waals surface area contributed by atoms with Crippen LogP contribution in [0, 0.1) is 6.92 Å². The number of rotatable bonds is 4. The van der Waals surface area contributed by atoms with Crippen LogP contribution in [0.1, 0.15) is 10.4 Å². The van der Waals surface area contributed by atoms with E-state index in [1.807, 2.05) is 24.4 Å². The second-order valence-electron chi connectivity index (χ2n) is 5.40. The zero-order chi connectivity index (χ0) is 15.4. The first-order valence-corrected chi connectivity index (χ1v) is 8.36. The van der Waals surface area contributed by atoms with Gasteiger partial charge < -0.3 is 15.0 Å². The topological polar surface area (TPSA) is 41.6 Å². The molecule has 1 amide bonds. The van der Waals surface area contributed by atoms with Gasteiger partial charge in [-0.05, 0) is 36.1 Å². The number of hydrogen-bond acceptors (Lipinski definition) is 4. The number of carbonyl (C=O) groups excluding carboxylic acids is 1. The highest BCUT2D eigenvalue weighted by atomic mass is 32.1. The molecule has 0 spiro atoms. The molecule has 1 saturated heterocycles. The molecular formula is C17H20N2O2S. The molecule has 1 aliphatic heterocycles. The lowest BCUT2D eigenvalue weighted by molar-refractivity contribution is -0.115. The predicted molar refractivity (Wildman–Crippen MR) is 90.9 cm³/mol. The summed E-state index contributed by atoms with van der Waals surface area (Å²) in [4.78, 5) is 15.6. The predicted octanol–water partition coefficient (Wildman–Crippen LogP) is 3.07. The van der Waals surface area contributed by atoms with Gasteiger partial charge in [-0.2, -0.15) is 0 Å². The van der Waals surface area contributed by atoms with Crippen LogP contribution in [0.15, 0.2) is 35.7 Å². The van der Waals surface area contributed by atoms with Crippen LogP contribution >= 0.6 is 11.3 Å². The van der Waals surface area contributed by atoms with Crippen LogP contribution in [0.2, 0.25) is 0 Å². The van der Waals surface area contributed by atoms with Crippen molar-refractivity contribution in [3.05, 3.63) is 46.2 Å². The molecular weight excluding hydrogens is 296 g/mol. The Labute approximate surface area is 134 Å². The summed E-state index contributed by atoms with van der Waals surface area (Å²) in [6.07, 6.45) is 0.429. The minimum absolute atomic E-state index is 0.0321. The van der Waals surface area contributed by atoms with Gasteiger partial charge in [0.25, 0.3) is 0 Å². The van der Waals surface area contributed by atoms with Gasteiger partial charge in [0, 0.05) is 29.3 Å². The number of hydrogen-bond donors (Lipinski definition) is 1. The van der Waals surface area contributed by atoms with E-state index in [2.05, 4.69) is 28.4 Å². The van der Waals surface area contributed by atoms with Crippen LogP contribution in [-0.2, 0) is 16.0 Å². The number of nitrogens with one attached hydrogen (secondary N) is 1. The Balaban J connectivity index is 1.70. The summed E-state index contributed by atoms with van der Waals surface area (Å²) in [5, 5.41) is 5.03. The van der Waals surface area contributed by atoms with Crippen molar-refractivity contribution < 1.29 is 9.53 Å². The number of carbonyl (C=O) groups is 1. The Morgan fingerprint density at radius 2 is 2.14 bits per heavy atom. The van der Waals surface area contributed by atoms with Crippen molar-refractivity contribution in [1.82, 2.24) is 0 Å². The molecule has 0 unspecified atom stereocenters. The molecule has 1 aromatic carbocycles. The third kappa shape index (κ3) is 3.67. The van der Waals surface area contributed by atoms with Crippen molar-refractivity contribution in [1.29, 1.82) is 0 Å². The van der Waals surface area contributed by atoms with Crippen LogP contribution in [0.25, 0.3) is 0 Å². The number of benzene rings is 1. The van der Waals surface area contributed by atoms with Gasteiger partial charge in [0.2, 0.25) is 5.91 Å². The van der Waals surface area contributed by atoms with E-state index < -0.39 is 0 Å². The molecule has 3 rings (SSSR count). The maximum absolute atomic E-state index is 12.2. The standard InChI is InChI=1S/C17H20N2O2S/c1-13-4-5-14(19-6-8-21-9-7-19)11-16(13)18-17(20)12-15-3-2-10-22-15/h2-5,10-11H,6-9,12H2,1H3,(H,18,20). The second kappa shape index (κ2) is 6.94. The van der Waals surface area contributed by atoms with Crippen LogP contribution < -0.4 is 10.2 Å². The number of ether oxygens (including phenoxy) is 1. The van der Waals surface area contributed by atoms with Gasteiger partial charge in [0.05, 0.1) is 19.6 Å². The number of morpholine rings is 1. The molecule has 0 bridgehead atoms. The van der Waals surface area contributed by atoms with Gasteiger partial charge in [-0.15, -0.1) is 11.3 Å². The Hall–Kier alpha value is -1.85. The number of anilines is 2. The van der Waals surface area contributed by atoms with E-state index >= 15 is 0 Å². The molecule has 116 valence electrons. The summed E-state index contributed by atoms with van der Waals surface area (Å²) in [5.41, 5.74) is 3.11. The molecule has 2 aromatic rings. The third-order valence-electron chi connectivity index (χ3n) is 3.79. The van der Waals surface area contributed by atoms with E-state index in [0.29, 0.717) is 6.42 Å². The van der Waals surface area contributed by atoms with Crippen molar-refractivity contribution in [2.45, 2.75) is 13.3 Å². The van der Waals surface area contributed by atoms with Gasteiger partial charge in [-0.25, -0.2) is 0 Å². The molecule has 22 heavy (non-hydrogen) atoms. The van der Waals surface area contributed by atoms with Crippen LogP contribution in [0.5, 0.6) is 0 Å². The highest BCUT2D eigenvalue weighted by Gasteiger charge is 2.13. The third-order valence-corrected chi connectivity index (χ3v) is 4.66. The molecule has 1 aromatic heterocycles. The first kappa shape index (κ1) is 15.1. The molecule has 0 atom stereocenters. The van der Waals surface area contributed by atoms with Gasteiger partial charge in [0.15, 0.2) is 0 Å². The first-order chi connectivity index (χ1) is 10.7. The van der Waals surface area contributed by atoms with E-state index in [4.69, 9.17) is 4.74 Å². The lowest BCUT2D eigenvalue weighted by Crippen LogP contribution is -2.36. The fraction of sp³-hybridized carbons (Fsp3) is 0.353. The smallest absolute Gasteiger partial charge is 0.229 e. The second-order valence-corrected chi connectivity index (χ2v) is 6.44. The Morgan fingerprint density at radius 1 is 1.32 bits per heavy atom. The summed E-state index contributed by atoms with van der Waals surface area (Å²) < 4.78 is 5.39. The normalized spacial score (nSPS) is 14.9. The molecule has 0 saturated carbocycles. The molecule has 4 nitrogen and oxygen atoms in total. The summed E-state index contributed by atoms with van der Waals surface area (Å²) in [5.74, 6) is 0.0321. The number of amides is 1. The molecule has 1 fully saturated rings. The molecule has 0 radical (unpaired) electrons. The van der Waals surface area contributed by atoms with Crippen LogP contribution in [0.3, 0.4) is 0 Å². The monoisotopic (exact) mass is 316 g/mol. The number of nitrogens with zero attached hydrogens (tertiary/aromatic N) is 1. The van der Waals surface area contributed by atoms with E-state index in [0.717, 1.165) is 48.1 Å².